The van der Waals surface area contributed by atoms with E-state index in [-0.39, 0.29) is 5.91 Å². The van der Waals surface area contributed by atoms with Crippen molar-refractivity contribution < 1.29 is 4.79 Å². The van der Waals surface area contributed by atoms with Crippen LogP contribution in [-0.2, 0) is 18.4 Å². The number of nitrogens with zero attached hydrogens (tertiary/aromatic N) is 3. The molecular weight excluding hydrogens is 288 g/mol. The minimum Gasteiger partial charge on any atom is -0.351 e. The number of hydrogen-bond donors (Lipinski definition) is 1. The molecule has 1 amide bonds. The van der Waals surface area contributed by atoms with Crippen LogP contribution in [0.2, 0.25) is 0 Å². The fraction of sp³-hybridized carbons (Fsp3) is 0.444. The van der Waals surface area contributed by atoms with Crippen LogP contribution < -0.4 is 5.32 Å². The number of nitrogens with one attached hydrogen (secondary N) is 1. The van der Waals surface area contributed by atoms with E-state index < -0.39 is 0 Å². The van der Waals surface area contributed by atoms with Crippen molar-refractivity contribution in [3.63, 3.8) is 0 Å². The molecule has 2 aromatic rings. The zero-order valence-corrected chi connectivity index (χ0v) is 13.8. The molecule has 0 aliphatic carbocycles. The molecule has 1 fully saturated rings. The molecule has 1 aliphatic heterocycles. The first-order valence-electron chi connectivity index (χ1n) is 8.13. The molecule has 0 bridgehead atoms. The molecule has 5 heteroatoms. The van der Waals surface area contributed by atoms with Gasteiger partial charge in [0.1, 0.15) is 5.82 Å². The van der Waals surface area contributed by atoms with Gasteiger partial charge in [0.05, 0.1) is 6.54 Å². The van der Waals surface area contributed by atoms with Gasteiger partial charge < -0.3 is 9.88 Å². The molecular formula is C18H24N4O. The molecule has 1 aromatic carbocycles. The van der Waals surface area contributed by atoms with Gasteiger partial charge in [0, 0.05) is 38.4 Å². The van der Waals surface area contributed by atoms with E-state index in [1.54, 1.807) is 0 Å². The second-order valence-corrected chi connectivity index (χ2v) is 6.38. The first kappa shape index (κ1) is 15.7. The van der Waals surface area contributed by atoms with Gasteiger partial charge in [0.15, 0.2) is 0 Å². The van der Waals surface area contributed by atoms with E-state index in [9.17, 15) is 4.79 Å². The Hall–Kier alpha value is -2.14. The van der Waals surface area contributed by atoms with Crippen LogP contribution in [0.4, 0.5) is 0 Å². The first-order valence-corrected chi connectivity index (χ1v) is 8.13. The Kier molecular flexibility index (Phi) is 4.76. The average molecular weight is 312 g/mol. The Bertz CT molecular complexity index is 679. The second kappa shape index (κ2) is 6.96. The van der Waals surface area contributed by atoms with E-state index in [0.29, 0.717) is 19.0 Å². The van der Waals surface area contributed by atoms with Gasteiger partial charge in [-0.05, 0) is 25.5 Å². The molecule has 122 valence electrons. The third-order valence-corrected chi connectivity index (χ3v) is 4.44. The Labute approximate surface area is 137 Å². The number of likely N-dealkylation sites (tertiary alicyclic amines) is 1. The molecule has 1 N–H and O–H groups in total. The highest BCUT2D eigenvalue weighted by atomic mass is 16.2. The molecule has 1 unspecified atom stereocenters. The van der Waals surface area contributed by atoms with Gasteiger partial charge in [0.2, 0.25) is 5.91 Å². The van der Waals surface area contributed by atoms with Crippen molar-refractivity contribution >= 4 is 5.91 Å². The summed E-state index contributed by atoms with van der Waals surface area (Å²) in [6.45, 7) is 4.98. The van der Waals surface area contributed by atoms with E-state index in [0.717, 1.165) is 30.9 Å². The lowest BCUT2D eigenvalue weighted by Gasteiger charge is -2.16. The summed E-state index contributed by atoms with van der Waals surface area (Å²) in [5, 5.41) is 3.01. The molecule has 1 aromatic heterocycles. The maximum absolute atomic E-state index is 12.1. The SMILES string of the molecule is Cc1cccc(CNC(=O)CN2CCC(c3nccn3C)C2)c1. The molecule has 0 saturated carbocycles. The van der Waals surface area contributed by atoms with Crippen molar-refractivity contribution in [1.82, 2.24) is 19.8 Å². The number of rotatable bonds is 5. The van der Waals surface area contributed by atoms with Crippen LogP contribution in [0.3, 0.4) is 0 Å². The summed E-state index contributed by atoms with van der Waals surface area (Å²) in [5.74, 6) is 1.64. The molecule has 23 heavy (non-hydrogen) atoms. The summed E-state index contributed by atoms with van der Waals surface area (Å²) in [6, 6.07) is 8.23. The predicted molar refractivity (Wildman–Crippen MR) is 90.0 cm³/mol. The maximum Gasteiger partial charge on any atom is 0.234 e. The zero-order chi connectivity index (χ0) is 16.2. The summed E-state index contributed by atoms with van der Waals surface area (Å²) >= 11 is 0. The Balaban J connectivity index is 1.47. The molecule has 1 aliphatic rings. The largest absolute Gasteiger partial charge is 0.351 e. The van der Waals surface area contributed by atoms with Gasteiger partial charge in [-0.15, -0.1) is 0 Å². The first-order chi connectivity index (χ1) is 11.1. The van der Waals surface area contributed by atoms with Gasteiger partial charge in [-0.25, -0.2) is 4.98 Å². The lowest BCUT2D eigenvalue weighted by Crippen LogP contribution is -2.35. The van der Waals surface area contributed by atoms with Crippen LogP contribution >= 0.6 is 0 Å². The standard InChI is InChI=1S/C18H24N4O/c1-14-4-3-5-15(10-14)11-20-17(23)13-22-8-6-16(12-22)18-19-7-9-21(18)2/h3-5,7,9-10,16H,6,8,11-13H2,1-2H3,(H,20,23). The van der Waals surface area contributed by atoms with E-state index in [2.05, 4.69) is 38.8 Å². The topological polar surface area (TPSA) is 50.2 Å². The van der Waals surface area contributed by atoms with E-state index in [1.807, 2.05) is 31.6 Å². The van der Waals surface area contributed by atoms with E-state index in [4.69, 9.17) is 0 Å². The summed E-state index contributed by atoms with van der Waals surface area (Å²) in [7, 11) is 2.03. The van der Waals surface area contributed by atoms with Gasteiger partial charge in [-0.2, -0.15) is 0 Å². The number of benzene rings is 1. The number of amides is 1. The number of hydrogen-bond acceptors (Lipinski definition) is 3. The highest BCUT2D eigenvalue weighted by molar-refractivity contribution is 5.78. The molecule has 5 nitrogen and oxygen atoms in total. The molecule has 0 spiro atoms. The van der Waals surface area contributed by atoms with Crippen molar-refractivity contribution in [2.24, 2.45) is 7.05 Å². The number of carbonyl (C=O) groups is 1. The lowest BCUT2D eigenvalue weighted by molar-refractivity contribution is -0.122. The minimum absolute atomic E-state index is 0.0898. The molecule has 1 atom stereocenters. The van der Waals surface area contributed by atoms with Gasteiger partial charge in [0.25, 0.3) is 0 Å². The molecule has 3 rings (SSSR count). The van der Waals surface area contributed by atoms with Gasteiger partial charge in [-0.3, -0.25) is 9.69 Å². The molecule has 0 radical (unpaired) electrons. The van der Waals surface area contributed by atoms with Crippen molar-refractivity contribution in [2.45, 2.75) is 25.8 Å². The maximum atomic E-state index is 12.1. The van der Waals surface area contributed by atoms with Gasteiger partial charge >= 0.3 is 0 Å². The summed E-state index contributed by atoms with van der Waals surface area (Å²) in [6.07, 6.45) is 4.88. The average Bonchev–Trinajstić information content (AvgIpc) is 3.14. The van der Waals surface area contributed by atoms with Crippen LogP contribution in [0.5, 0.6) is 0 Å². The number of carbonyl (C=O) groups excluding carboxylic acids is 1. The van der Waals surface area contributed by atoms with E-state index >= 15 is 0 Å². The fourth-order valence-corrected chi connectivity index (χ4v) is 3.24. The molecule has 1 saturated heterocycles. The smallest absolute Gasteiger partial charge is 0.234 e. The Morgan fingerprint density at radius 1 is 1.43 bits per heavy atom. The quantitative estimate of drug-likeness (QED) is 0.916. The monoisotopic (exact) mass is 312 g/mol. The normalized spacial score (nSPS) is 18.3. The van der Waals surface area contributed by atoms with Crippen LogP contribution in [0, 0.1) is 6.92 Å². The van der Waals surface area contributed by atoms with Crippen LogP contribution in [0.25, 0.3) is 0 Å². The second-order valence-electron chi connectivity index (χ2n) is 6.38. The molecule has 2 heterocycles. The van der Waals surface area contributed by atoms with Crippen LogP contribution in [0.1, 0.15) is 29.3 Å². The van der Waals surface area contributed by atoms with Crippen molar-refractivity contribution in [3.8, 4) is 0 Å². The summed E-state index contributed by atoms with van der Waals surface area (Å²) in [4.78, 5) is 18.8. The number of aryl methyl sites for hydroxylation is 2. The highest BCUT2D eigenvalue weighted by Gasteiger charge is 2.27. The zero-order valence-electron chi connectivity index (χ0n) is 13.8. The third kappa shape index (κ3) is 3.99. The third-order valence-electron chi connectivity index (χ3n) is 4.44. The number of aromatic nitrogens is 2. The summed E-state index contributed by atoms with van der Waals surface area (Å²) in [5.41, 5.74) is 2.36. The lowest BCUT2D eigenvalue weighted by atomic mass is 10.1. The van der Waals surface area contributed by atoms with Crippen molar-refractivity contribution in [2.75, 3.05) is 19.6 Å². The van der Waals surface area contributed by atoms with Crippen molar-refractivity contribution in [3.05, 3.63) is 53.6 Å². The van der Waals surface area contributed by atoms with Crippen molar-refractivity contribution in [1.29, 1.82) is 0 Å². The minimum atomic E-state index is 0.0898. The van der Waals surface area contributed by atoms with E-state index in [1.165, 1.54) is 5.56 Å². The van der Waals surface area contributed by atoms with Crippen LogP contribution in [-0.4, -0.2) is 40.0 Å². The van der Waals surface area contributed by atoms with Gasteiger partial charge in [-0.1, -0.05) is 29.8 Å². The highest BCUT2D eigenvalue weighted by Crippen LogP contribution is 2.25. The summed E-state index contributed by atoms with van der Waals surface area (Å²) < 4.78 is 2.08. The Morgan fingerprint density at radius 2 is 2.30 bits per heavy atom. The van der Waals surface area contributed by atoms with Crippen LogP contribution in [0.15, 0.2) is 36.7 Å². The fourth-order valence-electron chi connectivity index (χ4n) is 3.24. The number of imidazole rings is 1. The Morgan fingerprint density at radius 3 is 3.04 bits per heavy atom. The predicted octanol–water partition coefficient (Wildman–Crippen LogP) is 1.83.